The van der Waals surface area contributed by atoms with Crippen molar-refractivity contribution in [2.24, 2.45) is 0 Å². The molecule has 4 aromatic heterocycles. The largest absolute Gasteiger partial charge is 0.519 e. The lowest BCUT2D eigenvalue weighted by Crippen LogP contribution is -2.23. The number of imidazole rings is 1. The van der Waals surface area contributed by atoms with Crippen LogP contribution in [0, 0.1) is 13.8 Å². The Bertz CT molecular complexity index is 2220. The van der Waals surface area contributed by atoms with Gasteiger partial charge in [-0.05, 0) is 61.2 Å². The molecule has 0 amide bonds. The highest BCUT2D eigenvalue weighted by atomic mass is 16.6. The first kappa shape index (κ1) is 33.1. The summed E-state index contributed by atoms with van der Waals surface area (Å²) < 4.78 is 28.8. The van der Waals surface area contributed by atoms with Gasteiger partial charge in [0.15, 0.2) is 35.4 Å². The van der Waals surface area contributed by atoms with Crippen LogP contribution >= 0.6 is 0 Å². The van der Waals surface area contributed by atoms with E-state index in [1.54, 1.807) is 25.3 Å². The summed E-state index contributed by atoms with van der Waals surface area (Å²) in [6.45, 7) is 8.31. The molecule has 254 valence electrons. The van der Waals surface area contributed by atoms with Gasteiger partial charge in [-0.25, -0.2) is 24.0 Å². The molecule has 15 nitrogen and oxygen atoms in total. The number of esters is 1. The first-order valence-corrected chi connectivity index (χ1v) is 15.6. The summed E-state index contributed by atoms with van der Waals surface area (Å²) >= 11 is 0. The minimum atomic E-state index is -1.45. The molecule has 0 unspecified atom stereocenters. The number of rotatable bonds is 12. The van der Waals surface area contributed by atoms with Gasteiger partial charge in [0, 0.05) is 18.5 Å². The summed E-state index contributed by atoms with van der Waals surface area (Å²) in [4.78, 5) is 41.3. The molecule has 0 saturated heterocycles. The van der Waals surface area contributed by atoms with Gasteiger partial charge in [-0.2, -0.15) is 0 Å². The second kappa shape index (κ2) is 13.4. The molecule has 2 aromatic carbocycles. The molecule has 6 rings (SSSR count). The Morgan fingerprint density at radius 3 is 2.16 bits per heavy atom. The lowest BCUT2D eigenvalue weighted by atomic mass is 9.98. The van der Waals surface area contributed by atoms with Crippen LogP contribution in [-0.4, -0.2) is 40.8 Å². The minimum absolute atomic E-state index is 0.0936. The lowest BCUT2D eigenvalue weighted by Gasteiger charge is -2.18. The molecule has 1 N–H and O–H groups in total. The van der Waals surface area contributed by atoms with E-state index in [1.807, 2.05) is 55.5 Å². The predicted molar refractivity (Wildman–Crippen MR) is 171 cm³/mol. The second-order valence-electron chi connectivity index (χ2n) is 12.0. The van der Waals surface area contributed by atoms with E-state index < -0.39 is 23.2 Å². The molecule has 0 aliphatic heterocycles. The summed E-state index contributed by atoms with van der Waals surface area (Å²) in [6, 6.07) is 15.4. The summed E-state index contributed by atoms with van der Waals surface area (Å²) in [5.41, 5.74) is 2.19. The number of aromatic nitrogens is 6. The van der Waals surface area contributed by atoms with Crippen LogP contribution in [0.15, 0.2) is 75.8 Å². The second-order valence-corrected chi connectivity index (χ2v) is 12.0. The maximum atomic E-state index is 13.6. The molecule has 0 radical (unpaired) electrons. The van der Waals surface area contributed by atoms with Gasteiger partial charge in [-0.3, -0.25) is 0 Å². The fraction of sp³-hybridized carbons (Fsp3) is 0.324. The molecule has 0 atom stereocenters. The van der Waals surface area contributed by atoms with Crippen molar-refractivity contribution in [1.29, 1.82) is 0 Å². The average Bonchev–Trinajstić information content (AvgIpc) is 3.82. The number of tetrazole rings is 1. The van der Waals surface area contributed by atoms with E-state index in [4.69, 9.17) is 22.4 Å². The highest BCUT2D eigenvalue weighted by molar-refractivity contribution is 5.89. The van der Waals surface area contributed by atoms with Crippen LogP contribution in [-0.2, 0) is 36.5 Å². The molecular weight excluding hydrogens is 636 g/mol. The fourth-order valence-electron chi connectivity index (χ4n) is 5.48. The van der Waals surface area contributed by atoms with Crippen molar-refractivity contribution in [1.82, 2.24) is 29.8 Å². The molecule has 0 bridgehead atoms. The molecule has 6 aromatic rings. The molecule has 0 saturated carbocycles. The molecular formula is C34H34N6O9. The highest BCUT2D eigenvalue weighted by Gasteiger charge is 2.33. The first-order chi connectivity index (χ1) is 23.4. The van der Waals surface area contributed by atoms with Crippen LogP contribution in [0.4, 0.5) is 0 Å². The average molecular weight is 671 g/mol. The van der Waals surface area contributed by atoms with Gasteiger partial charge >= 0.3 is 17.6 Å². The van der Waals surface area contributed by atoms with Crippen LogP contribution in [0.3, 0.4) is 0 Å². The van der Waals surface area contributed by atoms with Crippen molar-refractivity contribution in [3.05, 3.63) is 116 Å². The number of carbonyl (C=O) groups is 1. The van der Waals surface area contributed by atoms with Crippen LogP contribution < -0.4 is 11.6 Å². The zero-order valence-electron chi connectivity index (χ0n) is 27.6. The third-order valence-corrected chi connectivity index (χ3v) is 7.90. The topological polar surface area (TPSA) is 195 Å². The van der Waals surface area contributed by atoms with Crippen LogP contribution in [0.2, 0.25) is 0 Å². The van der Waals surface area contributed by atoms with Gasteiger partial charge < -0.3 is 32.1 Å². The highest BCUT2D eigenvalue weighted by Crippen LogP contribution is 2.32. The zero-order valence-corrected chi connectivity index (χ0v) is 27.6. The van der Waals surface area contributed by atoms with E-state index >= 15 is 0 Å². The van der Waals surface area contributed by atoms with E-state index in [-0.39, 0.29) is 42.6 Å². The van der Waals surface area contributed by atoms with Crippen LogP contribution in [0.1, 0.15) is 77.8 Å². The minimum Gasteiger partial charge on any atom is -0.453 e. The maximum absolute atomic E-state index is 13.6. The standard InChI is InChI=1S/C34H34N6O9/c1-6-9-27-35-29(34(4,5)44)28(31(41)45-18-26-20(3)47-33(43)49-26)39(27)16-21-12-14-22(15-13-21)23-10-7-8-11-24(23)30-36-37-38-40(30)17-25-19(2)46-32(42)48-25/h7-8,10-15,44H,6,9,16-18H2,1-5H3. The number of aryl methyl sites for hydroxylation is 3. The third-order valence-electron chi connectivity index (χ3n) is 7.90. The summed E-state index contributed by atoms with van der Waals surface area (Å²) in [5, 5.41) is 23.2. The normalized spacial score (nSPS) is 11.7. The van der Waals surface area contributed by atoms with Crippen molar-refractivity contribution < 1.29 is 32.3 Å². The lowest BCUT2D eigenvalue weighted by molar-refractivity contribution is 0.0395. The number of benzene rings is 2. The molecule has 49 heavy (non-hydrogen) atoms. The van der Waals surface area contributed by atoms with E-state index in [0.717, 1.165) is 28.7 Å². The molecule has 4 heterocycles. The van der Waals surface area contributed by atoms with E-state index in [9.17, 15) is 19.5 Å². The molecule has 0 spiro atoms. The molecule has 15 heteroatoms. The number of carbonyl (C=O) groups excluding carboxylic acids is 1. The maximum Gasteiger partial charge on any atom is 0.519 e. The van der Waals surface area contributed by atoms with Crippen molar-refractivity contribution >= 4 is 5.97 Å². The summed E-state index contributed by atoms with van der Waals surface area (Å²) in [5.74, 6) is -0.358. The van der Waals surface area contributed by atoms with Crippen LogP contribution in [0.5, 0.6) is 0 Å². The SMILES string of the molecule is CCCc1nc(C(C)(C)O)c(C(=O)OCc2oc(=O)oc2C)n1Cc1ccc(-c2ccccc2-c2nnnn2Cc2oc(=O)oc2C)cc1. The molecule has 0 aliphatic carbocycles. The Labute approximate surface area is 278 Å². The Morgan fingerprint density at radius 1 is 0.898 bits per heavy atom. The summed E-state index contributed by atoms with van der Waals surface area (Å²) in [7, 11) is 0. The first-order valence-electron chi connectivity index (χ1n) is 15.6. The number of nitrogens with zero attached hydrogens (tertiary/aromatic N) is 6. The van der Waals surface area contributed by atoms with Gasteiger partial charge in [0.25, 0.3) is 0 Å². The number of aliphatic hydroxyl groups is 1. The quantitative estimate of drug-likeness (QED) is 0.178. The van der Waals surface area contributed by atoms with Crippen molar-refractivity contribution in [3.63, 3.8) is 0 Å². The van der Waals surface area contributed by atoms with Gasteiger partial charge in [0.05, 0.1) is 0 Å². The van der Waals surface area contributed by atoms with E-state index in [0.29, 0.717) is 29.6 Å². The monoisotopic (exact) mass is 670 g/mol. The number of ether oxygens (including phenoxy) is 1. The Balaban J connectivity index is 1.31. The third kappa shape index (κ3) is 6.92. The van der Waals surface area contributed by atoms with Crippen molar-refractivity contribution in [3.8, 4) is 22.5 Å². The van der Waals surface area contributed by atoms with Gasteiger partial charge in [-0.1, -0.05) is 55.5 Å². The number of hydrogen-bond donors (Lipinski definition) is 1. The fourth-order valence-corrected chi connectivity index (χ4v) is 5.48. The summed E-state index contributed by atoms with van der Waals surface area (Å²) in [6.07, 6.45) is 1.30. The predicted octanol–water partition coefficient (Wildman–Crippen LogP) is 4.55. The van der Waals surface area contributed by atoms with Crippen LogP contribution in [0.25, 0.3) is 22.5 Å². The Kier molecular flexibility index (Phi) is 9.01. The van der Waals surface area contributed by atoms with Crippen molar-refractivity contribution in [2.75, 3.05) is 0 Å². The molecule has 0 aliphatic rings. The zero-order chi connectivity index (χ0) is 34.9. The van der Waals surface area contributed by atoms with Crippen molar-refractivity contribution in [2.45, 2.75) is 72.8 Å². The molecule has 0 fully saturated rings. The Morgan fingerprint density at radius 2 is 1.55 bits per heavy atom. The van der Waals surface area contributed by atoms with E-state index in [1.165, 1.54) is 11.6 Å². The Hall–Kier alpha value is -5.83. The number of hydrogen-bond acceptors (Lipinski definition) is 13. The van der Waals surface area contributed by atoms with Gasteiger partial charge in [0.2, 0.25) is 0 Å². The van der Waals surface area contributed by atoms with Gasteiger partial charge in [-0.15, -0.1) is 5.10 Å². The van der Waals surface area contributed by atoms with E-state index in [2.05, 4.69) is 20.5 Å². The van der Waals surface area contributed by atoms with Gasteiger partial charge in [0.1, 0.15) is 29.4 Å². The smallest absolute Gasteiger partial charge is 0.453 e.